The standard InChI is InChI=1S/C14H13BrO3/c1-17-13-7-10(11(15)8-14(13)18-2)9-5-3-4-6-12(9)16/h3-8,16H,1-2H3. The molecule has 4 heteroatoms. The van der Waals surface area contributed by atoms with Gasteiger partial charge in [-0.25, -0.2) is 0 Å². The maximum atomic E-state index is 9.89. The van der Waals surface area contributed by atoms with Gasteiger partial charge >= 0.3 is 0 Å². The lowest BCUT2D eigenvalue weighted by atomic mass is 10.0. The number of para-hydroxylation sites is 1. The van der Waals surface area contributed by atoms with Gasteiger partial charge in [0, 0.05) is 15.6 Å². The molecule has 0 aromatic heterocycles. The zero-order valence-corrected chi connectivity index (χ0v) is 11.7. The highest BCUT2D eigenvalue weighted by molar-refractivity contribution is 9.10. The van der Waals surface area contributed by atoms with E-state index in [1.54, 1.807) is 26.4 Å². The van der Waals surface area contributed by atoms with Crippen molar-refractivity contribution in [3.05, 3.63) is 40.9 Å². The highest BCUT2D eigenvalue weighted by Gasteiger charge is 2.13. The molecular weight excluding hydrogens is 296 g/mol. The van der Waals surface area contributed by atoms with Gasteiger partial charge in [-0.05, 0) is 18.2 Å². The van der Waals surface area contributed by atoms with Crippen molar-refractivity contribution in [2.45, 2.75) is 0 Å². The first kappa shape index (κ1) is 12.8. The van der Waals surface area contributed by atoms with Crippen molar-refractivity contribution in [2.75, 3.05) is 14.2 Å². The number of methoxy groups -OCH3 is 2. The Morgan fingerprint density at radius 3 is 2.17 bits per heavy atom. The van der Waals surface area contributed by atoms with Crippen LogP contribution < -0.4 is 9.47 Å². The molecule has 2 aromatic rings. The monoisotopic (exact) mass is 308 g/mol. The van der Waals surface area contributed by atoms with E-state index in [-0.39, 0.29) is 5.75 Å². The molecule has 0 aliphatic carbocycles. The van der Waals surface area contributed by atoms with Crippen LogP contribution in [0, 0.1) is 0 Å². The fourth-order valence-corrected chi connectivity index (χ4v) is 2.30. The molecule has 0 aliphatic rings. The average molecular weight is 309 g/mol. The number of hydrogen-bond acceptors (Lipinski definition) is 3. The van der Waals surface area contributed by atoms with Gasteiger partial charge in [0.05, 0.1) is 14.2 Å². The molecule has 0 aliphatic heterocycles. The number of aromatic hydroxyl groups is 1. The van der Waals surface area contributed by atoms with Crippen LogP contribution in [0.3, 0.4) is 0 Å². The molecule has 94 valence electrons. The van der Waals surface area contributed by atoms with Crippen LogP contribution in [-0.4, -0.2) is 19.3 Å². The number of rotatable bonds is 3. The van der Waals surface area contributed by atoms with Crippen molar-refractivity contribution in [2.24, 2.45) is 0 Å². The van der Waals surface area contributed by atoms with Gasteiger partial charge in [0.25, 0.3) is 0 Å². The summed E-state index contributed by atoms with van der Waals surface area (Å²) in [6, 6.07) is 10.8. The van der Waals surface area contributed by atoms with E-state index in [9.17, 15) is 5.11 Å². The van der Waals surface area contributed by atoms with E-state index in [4.69, 9.17) is 9.47 Å². The molecule has 0 saturated carbocycles. The highest BCUT2D eigenvalue weighted by atomic mass is 79.9. The molecule has 0 saturated heterocycles. The van der Waals surface area contributed by atoms with Crippen LogP contribution in [0.4, 0.5) is 0 Å². The second-order valence-corrected chi connectivity index (χ2v) is 4.56. The summed E-state index contributed by atoms with van der Waals surface area (Å²) in [5.74, 6) is 1.49. The molecule has 18 heavy (non-hydrogen) atoms. The zero-order valence-electron chi connectivity index (χ0n) is 10.1. The van der Waals surface area contributed by atoms with Gasteiger partial charge in [-0.3, -0.25) is 0 Å². The summed E-state index contributed by atoms with van der Waals surface area (Å²) < 4.78 is 11.3. The summed E-state index contributed by atoms with van der Waals surface area (Å²) >= 11 is 3.48. The highest BCUT2D eigenvalue weighted by Crippen LogP contribution is 2.41. The number of ether oxygens (including phenoxy) is 2. The minimum atomic E-state index is 0.227. The van der Waals surface area contributed by atoms with Crippen LogP contribution in [0.25, 0.3) is 11.1 Å². The van der Waals surface area contributed by atoms with Crippen LogP contribution in [0.2, 0.25) is 0 Å². The van der Waals surface area contributed by atoms with Gasteiger partial charge in [-0.15, -0.1) is 0 Å². The quantitative estimate of drug-likeness (QED) is 0.936. The molecule has 0 fully saturated rings. The topological polar surface area (TPSA) is 38.7 Å². The maximum absolute atomic E-state index is 9.89. The number of hydrogen-bond donors (Lipinski definition) is 1. The van der Waals surface area contributed by atoms with Crippen molar-refractivity contribution in [1.82, 2.24) is 0 Å². The summed E-state index contributed by atoms with van der Waals surface area (Å²) in [7, 11) is 3.17. The molecule has 0 unspecified atom stereocenters. The fraction of sp³-hybridized carbons (Fsp3) is 0.143. The Morgan fingerprint density at radius 1 is 0.944 bits per heavy atom. The minimum absolute atomic E-state index is 0.227. The van der Waals surface area contributed by atoms with Crippen LogP contribution in [0.1, 0.15) is 0 Å². The lowest BCUT2D eigenvalue weighted by molar-refractivity contribution is 0.355. The van der Waals surface area contributed by atoms with Crippen molar-refractivity contribution in [3.8, 4) is 28.4 Å². The number of phenols is 1. The SMILES string of the molecule is COc1cc(Br)c(-c2ccccc2O)cc1OC. The zero-order chi connectivity index (χ0) is 13.1. The summed E-state index contributed by atoms with van der Waals surface area (Å²) in [5, 5.41) is 9.89. The predicted molar refractivity (Wildman–Crippen MR) is 74.3 cm³/mol. The number of phenolic OH excluding ortho intramolecular Hbond substituents is 1. The van der Waals surface area contributed by atoms with Crippen molar-refractivity contribution < 1.29 is 14.6 Å². The average Bonchev–Trinajstić information content (AvgIpc) is 2.39. The number of benzene rings is 2. The molecule has 0 radical (unpaired) electrons. The van der Waals surface area contributed by atoms with Gasteiger partial charge < -0.3 is 14.6 Å². The van der Waals surface area contributed by atoms with Crippen molar-refractivity contribution >= 4 is 15.9 Å². The van der Waals surface area contributed by atoms with E-state index in [1.165, 1.54) is 0 Å². The molecule has 0 heterocycles. The summed E-state index contributed by atoms with van der Waals surface area (Å²) in [5.41, 5.74) is 1.59. The van der Waals surface area contributed by atoms with Crippen LogP contribution in [0.5, 0.6) is 17.2 Å². The van der Waals surface area contributed by atoms with Gasteiger partial charge in [-0.2, -0.15) is 0 Å². The van der Waals surface area contributed by atoms with Gasteiger partial charge in [0.2, 0.25) is 0 Å². The Kier molecular flexibility index (Phi) is 3.77. The van der Waals surface area contributed by atoms with E-state index < -0.39 is 0 Å². The Hall–Kier alpha value is -1.68. The molecule has 2 aromatic carbocycles. The van der Waals surface area contributed by atoms with Crippen molar-refractivity contribution in [1.29, 1.82) is 0 Å². The van der Waals surface area contributed by atoms with E-state index in [2.05, 4.69) is 15.9 Å². The Balaban J connectivity index is 2.62. The van der Waals surface area contributed by atoms with Gasteiger partial charge in [0.15, 0.2) is 11.5 Å². The Morgan fingerprint density at radius 2 is 1.56 bits per heavy atom. The summed E-state index contributed by atoms with van der Waals surface area (Å²) in [6.45, 7) is 0. The van der Waals surface area contributed by atoms with Gasteiger partial charge in [0.1, 0.15) is 5.75 Å². The van der Waals surface area contributed by atoms with Crippen LogP contribution in [0.15, 0.2) is 40.9 Å². The van der Waals surface area contributed by atoms with E-state index in [1.807, 2.05) is 24.3 Å². The number of halogens is 1. The third-order valence-electron chi connectivity index (χ3n) is 2.67. The third-order valence-corrected chi connectivity index (χ3v) is 3.32. The first-order chi connectivity index (χ1) is 8.67. The molecule has 3 nitrogen and oxygen atoms in total. The Bertz CT molecular complexity index is 567. The van der Waals surface area contributed by atoms with Gasteiger partial charge in [-0.1, -0.05) is 34.1 Å². The molecule has 0 spiro atoms. The smallest absolute Gasteiger partial charge is 0.161 e. The predicted octanol–water partition coefficient (Wildman–Crippen LogP) is 3.84. The minimum Gasteiger partial charge on any atom is -0.507 e. The second kappa shape index (κ2) is 5.31. The lowest BCUT2D eigenvalue weighted by Crippen LogP contribution is -1.92. The second-order valence-electron chi connectivity index (χ2n) is 3.70. The molecule has 0 atom stereocenters. The van der Waals surface area contributed by atoms with Crippen LogP contribution in [-0.2, 0) is 0 Å². The molecule has 1 N–H and O–H groups in total. The third kappa shape index (κ3) is 2.29. The molecule has 2 rings (SSSR count). The first-order valence-electron chi connectivity index (χ1n) is 5.37. The van der Waals surface area contributed by atoms with E-state index in [0.29, 0.717) is 11.5 Å². The molecular formula is C14H13BrO3. The summed E-state index contributed by atoms with van der Waals surface area (Å²) in [4.78, 5) is 0. The first-order valence-corrected chi connectivity index (χ1v) is 6.16. The van der Waals surface area contributed by atoms with Crippen molar-refractivity contribution in [3.63, 3.8) is 0 Å². The normalized spacial score (nSPS) is 10.2. The molecule has 0 bridgehead atoms. The molecule has 0 amide bonds. The van der Waals surface area contributed by atoms with E-state index >= 15 is 0 Å². The fourth-order valence-electron chi connectivity index (χ4n) is 1.76. The Labute approximate surface area is 114 Å². The lowest BCUT2D eigenvalue weighted by Gasteiger charge is -2.12. The van der Waals surface area contributed by atoms with Crippen LogP contribution >= 0.6 is 15.9 Å². The van der Waals surface area contributed by atoms with E-state index in [0.717, 1.165) is 15.6 Å². The maximum Gasteiger partial charge on any atom is 0.161 e. The largest absolute Gasteiger partial charge is 0.507 e. The summed E-state index contributed by atoms with van der Waals surface area (Å²) in [6.07, 6.45) is 0.